The predicted octanol–water partition coefficient (Wildman–Crippen LogP) is 2.94. The lowest BCUT2D eigenvalue weighted by atomic mass is 10.0. The van der Waals surface area contributed by atoms with Crippen molar-refractivity contribution in [3.8, 4) is 0 Å². The van der Waals surface area contributed by atoms with Crippen molar-refractivity contribution in [2.45, 2.75) is 44.7 Å². The van der Waals surface area contributed by atoms with Crippen molar-refractivity contribution in [3.63, 3.8) is 0 Å². The van der Waals surface area contributed by atoms with Crippen LogP contribution in [-0.2, 0) is 26.3 Å². The third-order valence-electron chi connectivity index (χ3n) is 3.91. The van der Waals surface area contributed by atoms with E-state index >= 15 is 0 Å². The summed E-state index contributed by atoms with van der Waals surface area (Å²) in [6.07, 6.45) is 0.353. The first-order valence-electron chi connectivity index (χ1n) is 8.82. The van der Waals surface area contributed by atoms with Crippen LogP contribution < -0.4 is 10.2 Å². The van der Waals surface area contributed by atoms with Gasteiger partial charge in [0, 0.05) is 0 Å². The smallest absolute Gasteiger partial charge is 0.261 e. The molecule has 0 saturated heterocycles. The van der Waals surface area contributed by atoms with Crippen molar-refractivity contribution < 1.29 is 18.0 Å². The van der Waals surface area contributed by atoms with Crippen molar-refractivity contribution >= 4 is 15.9 Å². The number of carbonyl (C=O) groups is 1. The first-order valence-corrected chi connectivity index (χ1v) is 10.3. The molecule has 2 aromatic rings. The molecule has 7 heteroatoms. The van der Waals surface area contributed by atoms with E-state index < -0.39 is 22.0 Å². The Morgan fingerprint density at radius 1 is 1.04 bits per heavy atom. The van der Waals surface area contributed by atoms with Gasteiger partial charge in [0.2, 0.25) is 10.0 Å². The van der Waals surface area contributed by atoms with Crippen molar-refractivity contribution in [1.29, 1.82) is 0 Å². The van der Waals surface area contributed by atoms with Gasteiger partial charge in [-0.15, -0.1) is 0 Å². The van der Waals surface area contributed by atoms with E-state index in [1.54, 1.807) is 12.1 Å². The Labute approximate surface area is 160 Å². The van der Waals surface area contributed by atoms with E-state index in [9.17, 15) is 13.2 Å². The molecule has 1 unspecified atom stereocenters. The summed E-state index contributed by atoms with van der Waals surface area (Å²) in [5, 5.41) is 0. The van der Waals surface area contributed by atoms with Crippen LogP contribution >= 0.6 is 0 Å². The quantitative estimate of drug-likeness (QED) is 0.645. The summed E-state index contributed by atoms with van der Waals surface area (Å²) in [6.45, 7) is 5.92. The average molecular weight is 391 g/mol. The number of aryl methyl sites for hydroxylation is 1. The topological polar surface area (TPSA) is 84.5 Å². The van der Waals surface area contributed by atoms with Gasteiger partial charge in [-0.3, -0.25) is 9.63 Å². The third-order valence-corrected chi connectivity index (χ3v) is 5.39. The molecule has 1 amide bonds. The summed E-state index contributed by atoms with van der Waals surface area (Å²) < 4.78 is 27.7. The highest BCUT2D eigenvalue weighted by molar-refractivity contribution is 7.89. The van der Waals surface area contributed by atoms with Gasteiger partial charge < -0.3 is 0 Å². The fourth-order valence-electron chi connectivity index (χ4n) is 2.49. The number of benzene rings is 2. The lowest BCUT2D eigenvalue weighted by Gasteiger charge is -2.20. The van der Waals surface area contributed by atoms with E-state index in [0.717, 1.165) is 11.1 Å². The van der Waals surface area contributed by atoms with Gasteiger partial charge in [0.1, 0.15) is 6.04 Å². The van der Waals surface area contributed by atoms with Crippen LogP contribution in [0.5, 0.6) is 0 Å². The molecular weight excluding hydrogens is 364 g/mol. The number of hydroxylamine groups is 1. The standard InChI is InChI=1S/C20H26N2O4S/c1-15(2)13-19(20(23)21-26-14-17-7-5-4-6-8-17)22-27(24,25)18-11-9-16(3)10-12-18/h4-12,15,19,22H,13-14H2,1-3H3,(H,21,23). The van der Waals surface area contributed by atoms with Gasteiger partial charge in [0.15, 0.2) is 0 Å². The summed E-state index contributed by atoms with van der Waals surface area (Å²) in [7, 11) is -3.81. The molecule has 0 saturated carbocycles. The Morgan fingerprint density at radius 2 is 1.67 bits per heavy atom. The molecule has 2 rings (SSSR count). The summed E-state index contributed by atoms with van der Waals surface area (Å²) in [6, 6.07) is 14.9. The monoisotopic (exact) mass is 390 g/mol. The molecule has 0 spiro atoms. The van der Waals surface area contributed by atoms with E-state index in [0.29, 0.717) is 6.42 Å². The molecule has 0 fully saturated rings. The maximum Gasteiger partial charge on any atom is 0.261 e. The molecule has 2 aromatic carbocycles. The summed E-state index contributed by atoms with van der Waals surface area (Å²) in [5.74, 6) is -0.397. The lowest BCUT2D eigenvalue weighted by Crippen LogP contribution is -2.47. The maximum atomic E-state index is 12.6. The molecule has 0 radical (unpaired) electrons. The second-order valence-electron chi connectivity index (χ2n) is 6.86. The van der Waals surface area contributed by atoms with Gasteiger partial charge in [-0.2, -0.15) is 4.72 Å². The van der Waals surface area contributed by atoms with Crippen LogP contribution in [0.15, 0.2) is 59.5 Å². The SMILES string of the molecule is Cc1ccc(S(=O)(=O)NC(CC(C)C)C(=O)NOCc2ccccc2)cc1. The van der Waals surface area contributed by atoms with Gasteiger partial charge in [-0.25, -0.2) is 13.9 Å². The first kappa shape index (κ1) is 21.1. The predicted molar refractivity (Wildman–Crippen MR) is 104 cm³/mol. The van der Waals surface area contributed by atoms with E-state index in [4.69, 9.17) is 4.84 Å². The van der Waals surface area contributed by atoms with Crippen LogP contribution in [0.2, 0.25) is 0 Å². The fraction of sp³-hybridized carbons (Fsp3) is 0.350. The molecule has 0 aliphatic heterocycles. The van der Waals surface area contributed by atoms with Crippen molar-refractivity contribution in [1.82, 2.24) is 10.2 Å². The van der Waals surface area contributed by atoms with Crippen LogP contribution in [0.1, 0.15) is 31.4 Å². The van der Waals surface area contributed by atoms with Gasteiger partial charge in [0.25, 0.3) is 5.91 Å². The largest absolute Gasteiger partial charge is 0.271 e. The van der Waals surface area contributed by atoms with Gasteiger partial charge in [-0.05, 0) is 37.0 Å². The molecule has 27 heavy (non-hydrogen) atoms. The second kappa shape index (κ2) is 9.64. The zero-order chi connectivity index (χ0) is 19.9. The molecule has 0 aliphatic rings. The number of sulfonamides is 1. The molecule has 0 bridgehead atoms. The summed E-state index contributed by atoms with van der Waals surface area (Å²) in [4.78, 5) is 17.8. The minimum Gasteiger partial charge on any atom is -0.271 e. The Kier molecular flexibility index (Phi) is 7.53. The van der Waals surface area contributed by atoms with E-state index in [1.165, 1.54) is 12.1 Å². The van der Waals surface area contributed by atoms with Crippen LogP contribution in [0.25, 0.3) is 0 Å². The normalized spacial score (nSPS) is 12.7. The number of rotatable bonds is 9. The Hall–Kier alpha value is -2.22. The molecule has 0 aromatic heterocycles. The van der Waals surface area contributed by atoms with Crippen molar-refractivity contribution in [2.75, 3.05) is 0 Å². The van der Waals surface area contributed by atoms with Crippen molar-refractivity contribution in [2.24, 2.45) is 5.92 Å². The zero-order valence-electron chi connectivity index (χ0n) is 15.8. The molecule has 6 nitrogen and oxygen atoms in total. The third kappa shape index (κ3) is 6.78. The Balaban J connectivity index is 2.02. The number of amides is 1. The summed E-state index contributed by atoms with van der Waals surface area (Å²) in [5.41, 5.74) is 4.21. The van der Waals surface area contributed by atoms with Crippen LogP contribution in [0, 0.1) is 12.8 Å². The second-order valence-corrected chi connectivity index (χ2v) is 8.57. The van der Waals surface area contributed by atoms with E-state index in [2.05, 4.69) is 10.2 Å². The zero-order valence-corrected chi connectivity index (χ0v) is 16.6. The highest BCUT2D eigenvalue weighted by atomic mass is 32.2. The minimum atomic E-state index is -3.81. The minimum absolute atomic E-state index is 0.121. The van der Waals surface area contributed by atoms with E-state index in [1.807, 2.05) is 51.1 Å². The number of carbonyl (C=O) groups excluding carboxylic acids is 1. The maximum absolute atomic E-state index is 12.6. The summed E-state index contributed by atoms with van der Waals surface area (Å²) >= 11 is 0. The Bertz CT molecular complexity index is 834. The van der Waals surface area contributed by atoms with Crippen LogP contribution in [0.3, 0.4) is 0 Å². The molecular formula is C20H26N2O4S. The highest BCUT2D eigenvalue weighted by Gasteiger charge is 2.26. The number of nitrogens with one attached hydrogen (secondary N) is 2. The Morgan fingerprint density at radius 3 is 2.26 bits per heavy atom. The molecule has 0 heterocycles. The van der Waals surface area contributed by atoms with Gasteiger partial charge in [-0.1, -0.05) is 61.9 Å². The molecule has 0 aliphatic carbocycles. The van der Waals surface area contributed by atoms with Crippen molar-refractivity contribution in [3.05, 3.63) is 65.7 Å². The van der Waals surface area contributed by atoms with Gasteiger partial charge >= 0.3 is 0 Å². The average Bonchev–Trinajstić information content (AvgIpc) is 2.62. The van der Waals surface area contributed by atoms with Crippen LogP contribution in [-0.4, -0.2) is 20.4 Å². The first-order chi connectivity index (χ1) is 12.8. The fourth-order valence-corrected chi connectivity index (χ4v) is 3.70. The molecule has 1 atom stereocenters. The molecule has 2 N–H and O–H groups in total. The van der Waals surface area contributed by atoms with Crippen LogP contribution in [0.4, 0.5) is 0 Å². The number of hydrogen-bond donors (Lipinski definition) is 2. The van der Waals surface area contributed by atoms with E-state index in [-0.39, 0.29) is 17.4 Å². The van der Waals surface area contributed by atoms with Gasteiger partial charge in [0.05, 0.1) is 11.5 Å². The lowest BCUT2D eigenvalue weighted by molar-refractivity contribution is -0.136. The highest BCUT2D eigenvalue weighted by Crippen LogP contribution is 2.13. The molecule has 146 valence electrons. The number of hydrogen-bond acceptors (Lipinski definition) is 4.